The minimum atomic E-state index is 0.943. The van der Waals surface area contributed by atoms with Crippen LogP contribution < -0.4 is 0 Å². The Balaban J connectivity index is 2.06. The van der Waals surface area contributed by atoms with Gasteiger partial charge in [-0.2, -0.15) is 0 Å². The van der Waals surface area contributed by atoms with Gasteiger partial charge in [-0.25, -0.2) is 0 Å². The summed E-state index contributed by atoms with van der Waals surface area (Å²) >= 11 is 0. The SMILES string of the molecule is CC1CCN2CCCC2C1C. The second-order valence-electron chi connectivity index (χ2n) is 4.37. The van der Waals surface area contributed by atoms with Gasteiger partial charge in [-0.3, -0.25) is 0 Å². The molecule has 2 saturated heterocycles. The Hall–Kier alpha value is -0.0400. The van der Waals surface area contributed by atoms with Crippen LogP contribution >= 0.6 is 0 Å². The van der Waals surface area contributed by atoms with Crippen LogP contribution in [0.5, 0.6) is 0 Å². The van der Waals surface area contributed by atoms with Crippen LogP contribution in [0.2, 0.25) is 0 Å². The molecule has 3 atom stereocenters. The van der Waals surface area contributed by atoms with Crippen molar-refractivity contribution in [2.75, 3.05) is 13.1 Å². The van der Waals surface area contributed by atoms with Crippen LogP contribution in [-0.2, 0) is 0 Å². The van der Waals surface area contributed by atoms with Gasteiger partial charge in [0.2, 0.25) is 0 Å². The standard InChI is InChI=1S/C10H19N/c1-8-5-7-11-6-3-4-10(11)9(8)2/h8-10H,3-7H2,1-2H3. The molecule has 0 aromatic heterocycles. The molecule has 2 aliphatic heterocycles. The van der Waals surface area contributed by atoms with Gasteiger partial charge in [-0.15, -0.1) is 0 Å². The van der Waals surface area contributed by atoms with Crippen molar-refractivity contribution in [1.82, 2.24) is 4.90 Å². The van der Waals surface area contributed by atoms with Crippen molar-refractivity contribution >= 4 is 0 Å². The van der Waals surface area contributed by atoms with E-state index in [2.05, 4.69) is 18.7 Å². The Bertz CT molecular complexity index is 144. The maximum Gasteiger partial charge on any atom is 0.0124 e. The van der Waals surface area contributed by atoms with E-state index in [0.717, 1.165) is 17.9 Å². The van der Waals surface area contributed by atoms with Crippen molar-refractivity contribution < 1.29 is 0 Å². The fraction of sp³-hybridized carbons (Fsp3) is 1.00. The molecule has 0 aromatic rings. The van der Waals surface area contributed by atoms with Gasteiger partial charge in [-0.1, -0.05) is 13.8 Å². The van der Waals surface area contributed by atoms with Crippen molar-refractivity contribution in [3.63, 3.8) is 0 Å². The first kappa shape index (κ1) is 7.60. The van der Waals surface area contributed by atoms with Crippen LogP contribution in [-0.4, -0.2) is 24.0 Å². The van der Waals surface area contributed by atoms with Crippen LogP contribution in [0.3, 0.4) is 0 Å². The Labute approximate surface area is 69.8 Å². The molecule has 0 N–H and O–H groups in total. The zero-order valence-corrected chi connectivity index (χ0v) is 7.71. The van der Waals surface area contributed by atoms with Crippen molar-refractivity contribution in [3.05, 3.63) is 0 Å². The largest absolute Gasteiger partial charge is 0.300 e. The second-order valence-corrected chi connectivity index (χ2v) is 4.37. The Kier molecular flexibility index (Phi) is 1.92. The highest BCUT2D eigenvalue weighted by Gasteiger charge is 2.35. The number of fused-ring (bicyclic) bond motifs is 1. The van der Waals surface area contributed by atoms with E-state index < -0.39 is 0 Å². The quantitative estimate of drug-likeness (QED) is 0.515. The lowest BCUT2D eigenvalue weighted by Crippen LogP contribution is -2.43. The minimum absolute atomic E-state index is 0.943. The number of hydrogen-bond donors (Lipinski definition) is 0. The molecule has 1 heteroatoms. The molecule has 11 heavy (non-hydrogen) atoms. The average molecular weight is 153 g/mol. The van der Waals surface area contributed by atoms with Gasteiger partial charge in [0.25, 0.3) is 0 Å². The van der Waals surface area contributed by atoms with Gasteiger partial charge in [0.1, 0.15) is 0 Å². The highest BCUT2D eigenvalue weighted by atomic mass is 15.2. The molecule has 2 heterocycles. The number of nitrogens with zero attached hydrogens (tertiary/aromatic N) is 1. The van der Waals surface area contributed by atoms with Gasteiger partial charge in [0.15, 0.2) is 0 Å². The van der Waals surface area contributed by atoms with Gasteiger partial charge < -0.3 is 4.90 Å². The van der Waals surface area contributed by atoms with E-state index in [0.29, 0.717) is 0 Å². The third-order valence-electron chi connectivity index (χ3n) is 3.79. The highest BCUT2D eigenvalue weighted by Crippen LogP contribution is 2.34. The lowest BCUT2D eigenvalue weighted by atomic mass is 9.82. The predicted octanol–water partition coefficient (Wildman–Crippen LogP) is 2.13. The molecular formula is C10H19N. The molecule has 0 saturated carbocycles. The third kappa shape index (κ3) is 1.20. The molecule has 2 fully saturated rings. The maximum absolute atomic E-state index is 2.70. The zero-order chi connectivity index (χ0) is 7.84. The summed E-state index contributed by atoms with van der Waals surface area (Å²) in [5, 5.41) is 0. The van der Waals surface area contributed by atoms with Crippen LogP contribution in [0.1, 0.15) is 33.1 Å². The average Bonchev–Trinajstić information content (AvgIpc) is 2.45. The monoisotopic (exact) mass is 153 g/mol. The Morgan fingerprint density at radius 3 is 2.73 bits per heavy atom. The first-order chi connectivity index (χ1) is 5.29. The van der Waals surface area contributed by atoms with Crippen molar-refractivity contribution in [2.24, 2.45) is 11.8 Å². The Morgan fingerprint density at radius 1 is 1.09 bits per heavy atom. The van der Waals surface area contributed by atoms with E-state index >= 15 is 0 Å². The summed E-state index contributed by atoms with van der Waals surface area (Å²) < 4.78 is 0. The van der Waals surface area contributed by atoms with E-state index in [4.69, 9.17) is 0 Å². The number of rotatable bonds is 0. The molecular weight excluding hydrogens is 134 g/mol. The minimum Gasteiger partial charge on any atom is -0.300 e. The first-order valence-electron chi connectivity index (χ1n) is 5.03. The highest BCUT2D eigenvalue weighted by molar-refractivity contribution is 4.89. The van der Waals surface area contributed by atoms with Crippen LogP contribution in [0.4, 0.5) is 0 Å². The summed E-state index contributed by atoms with van der Waals surface area (Å²) in [6.07, 6.45) is 4.34. The number of hydrogen-bond acceptors (Lipinski definition) is 1. The molecule has 0 aliphatic carbocycles. The van der Waals surface area contributed by atoms with E-state index in [-0.39, 0.29) is 0 Å². The van der Waals surface area contributed by atoms with Crippen molar-refractivity contribution in [2.45, 2.75) is 39.2 Å². The molecule has 0 spiro atoms. The summed E-state index contributed by atoms with van der Waals surface area (Å²) in [4.78, 5) is 2.70. The van der Waals surface area contributed by atoms with E-state index in [1.165, 1.54) is 32.4 Å². The molecule has 0 bridgehead atoms. The van der Waals surface area contributed by atoms with Crippen LogP contribution in [0.25, 0.3) is 0 Å². The lowest BCUT2D eigenvalue weighted by molar-refractivity contribution is 0.0995. The maximum atomic E-state index is 2.70. The molecule has 3 unspecified atom stereocenters. The lowest BCUT2D eigenvalue weighted by Gasteiger charge is -2.39. The van der Waals surface area contributed by atoms with Crippen molar-refractivity contribution in [3.8, 4) is 0 Å². The van der Waals surface area contributed by atoms with Gasteiger partial charge in [0.05, 0.1) is 0 Å². The molecule has 0 aromatic carbocycles. The topological polar surface area (TPSA) is 3.24 Å². The van der Waals surface area contributed by atoms with Gasteiger partial charge in [0, 0.05) is 6.04 Å². The zero-order valence-electron chi connectivity index (χ0n) is 7.71. The smallest absolute Gasteiger partial charge is 0.0124 e. The predicted molar refractivity (Wildman–Crippen MR) is 47.5 cm³/mol. The first-order valence-corrected chi connectivity index (χ1v) is 5.03. The normalized spacial score (nSPS) is 45.8. The molecule has 0 amide bonds. The van der Waals surface area contributed by atoms with E-state index in [9.17, 15) is 0 Å². The Morgan fingerprint density at radius 2 is 1.91 bits per heavy atom. The summed E-state index contributed by atoms with van der Waals surface area (Å²) in [5.41, 5.74) is 0. The van der Waals surface area contributed by atoms with Crippen LogP contribution in [0, 0.1) is 11.8 Å². The van der Waals surface area contributed by atoms with Crippen LogP contribution in [0.15, 0.2) is 0 Å². The summed E-state index contributed by atoms with van der Waals surface area (Å²) in [6, 6.07) is 0.943. The van der Waals surface area contributed by atoms with E-state index in [1.54, 1.807) is 0 Å². The van der Waals surface area contributed by atoms with E-state index in [1.807, 2.05) is 0 Å². The fourth-order valence-electron chi connectivity index (χ4n) is 2.74. The molecule has 1 nitrogen and oxygen atoms in total. The molecule has 2 rings (SSSR count). The number of piperidine rings is 1. The molecule has 2 aliphatic rings. The van der Waals surface area contributed by atoms with Gasteiger partial charge >= 0.3 is 0 Å². The third-order valence-corrected chi connectivity index (χ3v) is 3.79. The summed E-state index contributed by atoms with van der Waals surface area (Å²) in [7, 11) is 0. The summed E-state index contributed by atoms with van der Waals surface area (Å²) in [6.45, 7) is 7.60. The second kappa shape index (κ2) is 2.78. The van der Waals surface area contributed by atoms with Crippen molar-refractivity contribution in [1.29, 1.82) is 0 Å². The molecule has 0 radical (unpaired) electrons. The summed E-state index contributed by atoms with van der Waals surface area (Å²) in [5.74, 6) is 1.92. The molecule has 64 valence electrons. The fourth-order valence-corrected chi connectivity index (χ4v) is 2.74. The van der Waals surface area contributed by atoms with Gasteiger partial charge in [-0.05, 0) is 44.2 Å².